The molecule has 1 saturated heterocycles. The molecule has 9 heteroatoms. The minimum absolute atomic E-state index is 0.0788. The largest absolute Gasteiger partial charge is 0.500 e. The van der Waals surface area contributed by atoms with Crippen molar-refractivity contribution in [3.8, 4) is 5.88 Å². The summed E-state index contributed by atoms with van der Waals surface area (Å²) in [5, 5.41) is 0.865. The summed E-state index contributed by atoms with van der Waals surface area (Å²) in [6.07, 6.45) is 4.67. The van der Waals surface area contributed by atoms with Crippen molar-refractivity contribution in [2.24, 2.45) is 0 Å². The van der Waals surface area contributed by atoms with E-state index in [-0.39, 0.29) is 23.8 Å². The van der Waals surface area contributed by atoms with Gasteiger partial charge in [0.15, 0.2) is 0 Å². The highest BCUT2D eigenvalue weighted by atomic mass is 35.5. The molecule has 0 radical (unpaired) electrons. The minimum atomic E-state index is -0.735. The van der Waals surface area contributed by atoms with E-state index < -0.39 is 11.8 Å². The summed E-state index contributed by atoms with van der Waals surface area (Å²) in [6, 6.07) is 8.54. The first-order chi connectivity index (χ1) is 16.0. The molecule has 0 spiro atoms. The molecule has 1 fully saturated rings. The second kappa shape index (κ2) is 11.9. The third-order valence-corrected chi connectivity index (χ3v) is 5.73. The number of nitrogens with zero attached hydrogens (tertiary/aromatic N) is 2. The first-order valence-corrected chi connectivity index (χ1v) is 11.5. The van der Waals surface area contributed by atoms with E-state index in [0.717, 1.165) is 31.3 Å². The SMILES string of the molecule is CCO/C=C(\C(=O)OCC)C(=O)c1ccc(N2CCCC2COc2ncccc2Cl)c(Cl)c1. The molecule has 1 aromatic carbocycles. The Hall–Kier alpha value is -2.77. The Morgan fingerprint density at radius 3 is 2.70 bits per heavy atom. The van der Waals surface area contributed by atoms with Crippen LogP contribution in [0.1, 0.15) is 37.0 Å². The van der Waals surface area contributed by atoms with E-state index in [4.69, 9.17) is 37.4 Å². The summed E-state index contributed by atoms with van der Waals surface area (Å²) in [5.41, 5.74) is 0.884. The number of ketones is 1. The third kappa shape index (κ3) is 6.18. The molecule has 33 heavy (non-hydrogen) atoms. The molecule has 2 aromatic rings. The monoisotopic (exact) mass is 492 g/mol. The lowest BCUT2D eigenvalue weighted by Gasteiger charge is -2.27. The number of carbonyl (C=O) groups excluding carboxylic acids is 2. The molecule has 1 aliphatic heterocycles. The summed E-state index contributed by atoms with van der Waals surface area (Å²) < 4.78 is 16.0. The smallest absolute Gasteiger partial charge is 0.345 e. The van der Waals surface area contributed by atoms with Gasteiger partial charge in [0.1, 0.15) is 23.5 Å². The van der Waals surface area contributed by atoms with E-state index in [0.29, 0.717) is 29.1 Å². The Morgan fingerprint density at radius 1 is 1.18 bits per heavy atom. The molecule has 0 N–H and O–H groups in total. The zero-order valence-corrected chi connectivity index (χ0v) is 20.1. The number of pyridine rings is 1. The highest BCUT2D eigenvalue weighted by Crippen LogP contribution is 2.34. The van der Waals surface area contributed by atoms with Gasteiger partial charge in [-0.2, -0.15) is 0 Å². The second-order valence-electron chi connectivity index (χ2n) is 7.29. The Bertz CT molecular complexity index is 1030. The van der Waals surface area contributed by atoms with Crippen molar-refractivity contribution in [3.63, 3.8) is 0 Å². The zero-order chi connectivity index (χ0) is 23.8. The summed E-state index contributed by atoms with van der Waals surface area (Å²) >= 11 is 12.7. The van der Waals surface area contributed by atoms with Gasteiger partial charge in [0, 0.05) is 18.3 Å². The van der Waals surface area contributed by atoms with Crippen LogP contribution < -0.4 is 9.64 Å². The van der Waals surface area contributed by atoms with Gasteiger partial charge in [-0.15, -0.1) is 0 Å². The lowest BCUT2D eigenvalue weighted by molar-refractivity contribution is -0.138. The number of esters is 1. The number of hydrogen-bond acceptors (Lipinski definition) is 7. The van der Waals surface area contributed by atoms with E-state index in [9.17, 15) is 9.59 Å². The molecular weight excluding hydrogens is 467 g/mol. The van der Waals surface area contributed by atoms with Crippen molar-refractivity contribution in [2.75, 3.05) is 31.3 Å². The molecule has 2 heterocycles. The van der Waals surface area contributed by atoms with E-state index in [2.05, 4.69) is 9.88 Å². The topological polar surface area (TPSA) is 78.0 Å². The standard InChI is InChI=1S/C24H26Cl2N2O5/c1-3-31-15-18(24(30)32-4-2)22(29)16-9-10-21(20(26)13-16)28-12-6-7-17(28)14-33-23-19(25)8-5-11-27-23/h5,8-11,13,15,17H,3-4,6-7,12,14H2,1-2H3/b18-15-. The van der Waals surface area contributed by atoms with Crippen LogP contribution in [-0.2, 0) is 14.3 Å². The normalized spacial score (nSPS) is 15.9. The van der Waals surface area contributed by atoms with Crippen molar-refractivity contribution in [1.29, 1.82) is 0 Å². The Labute approximate surface area is 203 Å². The van der Waals surface area contributed by atoms with Crippen LogP contribution in [-0.4, -0.2) is 49.1 Å². The molecule has 1 aliphatic rings. The quantitative estimate of drug-likeness (QED) is 0.114. The average Bonchev–Trinajstić information content (AvgIpc) is 3.27. The average molecular weight is 493 g/mol. The maximum atomic E-state index is 12.9. The van der Waals surface area contributed by atoms with Gasteiger partial charge in [-0.05, 0) is 57.0 Å². The molecule has 3 rings (SSSR count). The van der Waals surface area contributed by atoms with Gasteiger partial charge in [-0.1, -0.05) is 23.2 Å². The number of carbonyl (C=O) groups is 2. The predicted molar refractivity (Wildman–Crippen MR) is 127 cm³/mol. The third-order valence-electron chi connectivity index (χ3n) is 5.14. The Balaban J connectivity index is 1.76. The van der Waals surface area contributed by atoms with Crippen LogP contribution in [0.2, 0.25) is 10.0 Å². The number of benzene rings is 1. The number of ether oxygens (including phenoxy) is 3. The fourth-order valence-corrected chi connectivity index (χ4v) is 4.05. The summed E-state index contributed by atoms with van der Waals surface area (Å²) in [7, 11) is 0. The Morgan fingerprint density at radius 2 is 2.00 bits per heavy atom. The maximum absolute atomic E-state index is 12.9. The minimum Gasteiger partial charge on any atom is -0.500 e. The van der Waals surface area contributed by atoms with Crippen LogP contribution in [0.15, 0.2) is 48.4 Å². The van der Waals surface area contributed by atoms with Crippen LogP contribution in [0.3, 0.4) is 0 Å². The molecule has 0 bridgehead atoms. The molecule has 0 saturated carbocycles. The van der Waals surface area contributed by atoms with Crippen molar-refractivity contribution in [1.82, 2.24) is 4.98 Å². The number of aromatic nitrogens is 1. The van der Waals surface area contributed by atoms with Crippen molar-refractivity contribution in [2.45, 2.75) is 32.7 Å². The number of halogens is 2. The summed E-state index contributed by atoms with van der Waals surface area (Å²) in [6.45, 7) is 5.10. The lowest BCUT2D eigenvalue weighted by atomic mass is 10.0. The van der Waals surface area contributed by atoms with Crippen LogP contribution in [0.25, 0.3) is 0 Å². The highest BCUT2D eigenvalue weighted by Gasteiger charge is 2.28. The van der Waals surface area contributed by atoms with Gasteiger partial charge in [0.2, 0.25) is 11.7 Å². The lowest BCUT2D eigenvalue weighted by Crippen LogP contribution is -2.34. The second-order valence-corrected chi connectivity index (χ2v) is 8.11. The van der Waals surface area contributed by atoms with Crippen LogP contribution in [0, 0.1) is 0 Å². The molecule has 176 valence electrons. The fraction of sp³-hybridized carbons (Fsp3) is 0.375. The van der Waals surface area contributed by atoms with E-state index in [1.165, 1.54) is 0 Å². The number of rotatable bonds is 10. The summed E-state index contributed by atoms with van der Waals surface area (Å²) in [5.74, 6) is -0.854. The van der Waals surface area contributed by atoms with Crippen molar-refractivity contribution < 1.29 is 23.8 Å². The maximum Gasteiger partial charge on any atom is 0.345 e. The molecule has 7 nitrogen and oxygen atoms in total. The number of hydrogen-bond donors (Lipinski definition) is 0. The van der Waals surface area contributed by atoms with Gasteiger partial charge in [-0.25, -0.2) is 9.78 Å². The first kappa shape index (κ1) is 24.9. The summed E-state index contributed by atoms with van der Waals surface area (Å²) in [4.78, 5) is 31.5. The van der Waals surface area contributed by atoms with Gasteiger partial charge < -0.3 is 19.1 Å². The predicted octanol–water partition coefficient (Wildman–Crippen LogP) is 5.10. The van der Waals surface area contributed by atoms with Gasteiger partial charge >= 0.3 is 5.97 Å². The highest BCUT2D eigenvalue weighted by molar-refractivity contribution is 6.34. The van der Waals surface area contributed by atoms with Crippen LogP contribution in [0.4, 0.5) is 5.69 Å². The number of Topliss-reactive ketones (excluding diaryl/α,β-unsaturated/α-hetero) is 1. The van der Waals surface area contributed by atoms with Gasteiger partial charge in [0.25, 0.3) is 0 Å². The first-order valence-electron chi connectivity index (χ1n) is 10.8. The molecular formula is C24H26Cl2N2O5. The van der Waals surface area contributed by atoms with E-state index >= 15 is 0 Å². The van der Waals surface area contributed by atoms with E-state index in [1.807, 2.05) is 0 Å². The molecule has 1 atom stereocenters. The van der Waals surface area contributed by atoms with Crippen molar-refractivity contribution >= 4 is 40.6 Å². The Kier molecular flexibility index (Phi) is 8.97. The zero-order valence-electron chi connectivity index (χ0n) is 18.6. The fourth-order valence-electron chi connectivity index (χ4n) is 3.59. The van der Waals surface area contributed by atoms with Gasteiger partial charge in [0.05, 0.1) is 30.0 Å². The molecule has 1 aromatic heterocycles. The van der Waals surface area contributed by atoms with Crippen LogP contribution >= 0.6 is 23.2 Å². The van der Waals surface area contributed by atoms with Crippen molar-refractivity contribution in [3.05, 3.63) is 64.0 Å². The molecule has 1 unspecified atom stereocenters. The van der Waals surface area contributed by atoms with Crippen LogP contribution in [0.5, 0.6) is 5.88 Å². The molecule has 0 aliphatic carbocycles. The number of anilines is 1. The molecule has 0 amide bonds. The van der Waals surface area contributed by atoms with E-state index in [1.54, 1.807) is 50.4 Å². The van der Waals surface area contributed by atoms with Gasteiger partial charge in [-0.3, -0.25) is 4.79 Å².